The van der Waals surface area contributed by atoms with E-state index in [9.17, 15) is 13.2 Å². The van der Waals surface area contributed by atoms with Gasteiger partial charge >= 0.3 is 0 Å². The van der Waals surface area contributed by atoms with Crippen LogP contribution in [0, 0.1) is 5.41 Å². The summed E-state index contributed by atoms with van der Waals surface area (Å²) < 4.78 is 33.9. The molecule has 0 atom stereocenters. The number of carbonyl (C=O) groups is 1. The molecule has 4 aromatic rings. The fraction of sp³-hybridized carbons (Fsp3) is 0.240. The van der Waals surface area contributed by atoms with E-state index in [-0.39, 0.29) is 23.8 Å². The van der Waals surface area contributed by atoms with Gasteiger partial charge in [-0.15, -0.1) is 0 Å². The Labute approximate surface area is 203 Å². The van der Waals surface area contributed by atoms with Crippen molar-refractivity contribution in [3.8, 4) is 17.0 Å². The van der Waals surface area contributed by atoms with Gasteiger partial charge < -0.3 is 15.5 Å². The minimum absolute atomic E-state index is 0.0465. The molecule has 0 amide bonds. The van der Waals surface area contributed by atoms with Gasteiger partial charge in [-0.3, -0.25) is 9.10 Å². The zero-order valence-corrected chi connectivity index (χ0v) is 20.4. The van der Waals surface area contributed by atoms with Crippen molar-refractivity contribution in [3.63, 3.8) is 0 Å². The molecule has 180 valence electrons. The van der Waals surface area contributed by atoms with Crippen molar-refractivity contribution in [2.24, 2.45) is 5.41 Å². The zero-order chi connectivity index (χ0) is 25.0. The van der Waals surface area contributed by atoms with Crippen LogP contribution < -0.4 is 14.8 Å². The predicted octanol–water partition coefficient (Wildman–Crippen LogP) is 4.02. The van der Waals surface area contributed by atoms with Gasteiger partial charge in [-0.05, 0) is 42.5 Å². The number of rotatable bonds is 4. The SMILES string of the molecule is CC(C)(C)C(=O)c1c[nH]c2ncc(-c3ccc4c(c3)N(S(=O)(=O)c3ccc(N)cc3)CCO4)nc12. The summed E-state index contributed by atoms with van der Waals surface area (Å²) in [5, 5.41) is 0. The third-order valence-corrected chi connectivity index (χ3v) is 7.68. The van der Waals surface area contributed by atoms with Crippen LogP contribution in [-0.4, -0.2) is 42.3 Å². The topological polar surface area (TPSA) is 131 Å². The van der Waals surface area contributed by atoms with Crippen LogP contribution in [0.2, 0.25) is 0 Å². The van der Waals surface area contributed by atoms with Crippen molar-refractivity contribution in [1.29, 1.82) is 0 Å². The van der Waals surface area contributed by atoms with Crippen molar-refractivity contribution in [2.45, 2.75) is 25.7 Å². The Kier molecular flexibility index (Phi) is 5.28. The van der Waals surface area contributed by atoms with E-state index in [1.54, 1.807) is 42.7 Å². The molecule has 2 aromatic carbocycles. The Morgan fingerprint density at radius 3 is 2.60 bits per heavy atom. The lowest BCUT2D eigenvalue weighted by Gasteiger charge is -2.30. The summed E-state index contributed by atoms with van der Waals surface area (Å²) in [6, 6.07) is 11.3. The number of nitrogens with two attached hydrogens (primary N) is 1. The largest absolute Gasteiger partial charge is 0.489 e. The van der Waals surface area contributed by atoms with Gasteiger partial charge in [0.15, 0.2) is 11.4 Å². The van der Waals surface area contributed by atoms with Crippen molar-refractivity contribution in [2.75, 3.05) is 23.2 Å². The molecule has 3 heterocycles. The minimum Gasteiger partial charge on any atom is -0.489 e. The molecule has 3 N–H and O–H groups in total. The standard InChI is InChI=1S/C25H25N5O4S/c1-25(2,3)23(31)18-13-27-24-22(18)29-19(14-28-24)15-4-9-21-20(12-15)30(10-11-34-21)35(32,33)17-7-5-16(26)6-8-17/h4-9,12-14H,10-11,26H2,1-3H3,(H,27,28). The molecule has 0 bridgehead atoms. The molecule has 0 unspecified atom stereocenters. The van der Waals surface area contributed by atoms with Crippen LogP contribution in [0.15, 0.2) is 59.8 Å². The molecular weight excluding hydrogens is 466 g/mol. The summed E-state index contributed by atoms with van der Waals surface area (Å²) >= 11 is 0. The first-order valence-corrected chi connectivity index (χ1v) is 12.5. The first-order valence-electron chi connectivity index (χ1n) is 11.1. The second-order valence-electron chi connectivity index (χ2n) is 9.41. The molecule has 1 aliphatic heterocycles. The number of ether oxygens (including phenoxy) is 1. The molecular formula is C25H25N5O4S. The van der Waals surface area contributed by atoms with Gasteiger partial charge in [-0.2, -0.15) is 0 Å². The summed E-state index contributed by atoms with van der Waals surface area (Å²) in [5.41, 5.74) is 8.66. The molecule has 0 saturated carbocycles. The number of ketones is 1. The second kappa shape index (κ2) is 8.09. The molecule has 10 heteroatoms. The van der Waals surface area contributed by atoms with Crippen molar-refractivity contribution >= 4 is 38.3 Å². The maximum Gasteiger partial charge on any atom is 0.264 e. The van der Waals surface area contributed by atoms with Crippen LogP contribution in [0.3, 0.4) is 0 Å². The van der Waals surface area contributed by atoms with E-state index in [1.165, 1.54) is 16.4 Å². The summed E-state index contributed by atoms with van der Waals surface area (Å²) in [6.07, 6.45) is 3.22. The number of carbonyl (C=O) groups excluding carboxylic acids is 1. The highest BCUT2D eigenvalue weighted by Crippen LogP contribution is 2.38. The number of nitrogens with zero attached hydrogens (tertiary/aromatic N) is 3. The van der Waals surface area contributed by atoms with Gasteiger partial charge in [0, 0.05) is 22.9 Å². The fourth-order valence-electron chi connectivity index (χ4n) is 3.98. The first-order chi connectivity index (χ1) is 16.6. The number of nitrogen functional groups attached to an aromatic ring is 1. The van der Waals surface area contributed by atoms with Crippen LogP contribution >= 0.6 is 0 Å². The van der Waals surface area contributed by atoms with Crippen LogP contribution in [0.4, 0.5) is 11.4 Å². The average molecular weight is 492 g/mol. The number of sulfonamides is 1. The maximum absolute atomic E-state index is 13.4. The van der Waals surface area contributed by atoms with Gasteiger partial charge in [-0.1, -0.05) is 20.8 Å². The Morgan fingerprint density at radius 1 is 1.14 bits per heavy atom. The van der Waals surface area contributed by atoms with E-state index in [0.29, 0.717) is 45.1 Å². The Bertz CT molecular complexity index is 1550. The number of hydrogen-bond donors (Lipinski definition) is 2. The van der Waals surface area contributed by atoms with Gasteiger partial charge in [0.1, 0.15) is 17.9 Å². The average Bonchev–Trinajstić information content (AvgIpc) is 3.25. The summed E-state index contributed by atoms with van der Waals surface area (Å²) in [6.45, 7) is 5.95. The highest BCUT2D eigenvalue weighted by Gasteiger charge is 2.31. The number of hydrogen-bond acceptors (Lipinski definition) is 7. The molecule has 35 heavy (non-hydrogen) atoms. The summed E-state index contributed by atoms with van der Waals surface area (Å²) in [7, 11) is -3.84. The summed E-state index contributed by atoms with van der Waals surface area (Å²) in [5.74, 6) is 0.410. The summed E-state index contributed by atoms with van der Waals surface area (Å²) in [4.78, 5) is 25.2. The molecule has 9 nitrogen and oxygen atoms in total. The van der Waals surface area contributed by atoms with E-state index < -0.39 is 15.4 Å². The van der Waals surface area contributed by atoms with Crippen molar-refractivity contribution in [1.82, 2.24) is 15.0 Å². The van der Waals surface area contributed by atoms with Crippen LogP contribution in [0.5, 0.6) is 5.75 Å². The Hall–Kier alpha value is -3.92. The third-order valence-electron chi connectivity index (χ3n) is 5.85. The number of fused-ring (bicyclic) bond motifs is 2. The Morgan fingerprint density at radius 2 is 1.89 bits per heavy atom. The van der Waals surface area contributed by atoms with Gasteiger partial charge in [0.2, 0.25) is 0 Å². The lowest BCUT2D eigenvalue weighted by Crippen LogP contribution is -2.37. The smallest absolute Gasteiger partial charge is 0.264 e. The molecule has 0 fully saturated rings. The molecule has 0 spiro atoms. The number of H-pyrrole nitrogens is 1. The number of benzene rings is 2. The third kappa shape index (κ3) is 3.99. The first kappa shape index (κ1) is 22.9. The minimum atomic E-state index is -3.84. The van der Waals surface area contributed by atoms with E-state index in [1.807, 2.05) is 20.8 Å². The number of Topliss-reactive ketones (excluding diaryl/α,β-unsaturated/α-hetero) is 1. The molecule has 0 saturated heterocycles. The number of aromatic amines is 1. The maximum atomic E-state index is 13.4. The Balaban J connectivity index is 1.59. The van der Waals surface area contributed by atoms with Crippen LogP contribution in [0.25, 0.3) is 22.4 Å². The van der Waals surface area contributed by atoms with E-state index >= 15 is 0 Å². The lowest BCUT2D eigenvalue weighted by molar-refractivity contribution is 0.0860. The van der Waals surface area contributed by atoms with Gasteiger partial charge in [0.05, 0.1) is 34.6 Å². The monoisotopic (exact) mass is 491 g/mol. The molecule has 0 radical (unpaired) electrons. The van der Waals surface area contributed by atoms with E-state index in [2.05, 4.69) is 9.97 Å². The molecule has 0 aliphatic carbocycles. The second-order valence-corrected chi connectivity index (χ2v) is 11.3. The number of anilines is 2. The predicted molar refractivity (Wildman–Crippen MR) is 134 cm³/mol. The van der Waals surface area contributed by atoms with Crippen LogP contribution in [-0.2, 0) is 10.0 Å². The van der Waals surface area contributed by atoms with Gasteiger partial charge in [0.25, 0.3) is 10.0 Å². The van der Waals surface area contributed by atoms with Gasteiger partial charge in [-0.25, -0.2) is 18.4 Å². The van der Waals surface area contributed by atoms with Crippen molar-refractivity contribution < 1.29 is 17.9 Å². The highest BCUT2D eigenvalue weighted by atomic mass is 32.2. The molecule has 5 rings (SSSR count). The number of nitrogens with one attached hydrogen (secondary N) is 1. The zero-order valence-electron chi connectivity index (χ0n) is 19.6. The molecule has 1 aliphatic rings. The van der Waals surface area contributed by atoms with Crippen molar-refractivity contribution in [3.05, 3.63) is 60.4 Å². The molecule has 2 aromatic heterocycles. The normalized spacial score (nSPS) is 14.0. The quantitative estimate of drug-likeness (QED) is 0.325. The van der Waals surface area contributed by atoms with E-state index in [0.717, 1.165) is 0 Å². The van der Waals surface area contributed by atoms with E-state index in [4.69, 9.17) is 15.5 Å². The fourth-order valence-corrected chi connectivity index (χ4v) is 5.43. The van der Waals surface area contributed by atoms with Crippen LogP contribution in [0.1, 0.15) is 31.1 Å². The lowest BCUT2D eigenvalue weighted by atomic mass is 9.87. The number of aromatic nitrogens is 3. The highest BCUT2D eigenvalue weighted by molar-refractivity contribution is 7.92.